The molecule has 6 saturated heterocycles. The van der Waals surface area contributed by atoms with Crippen LogP contribution in [0.25, 0.3) is 21.5 Å². The first-order valence-corrected chi connectivity index (χ1v) is 44.4. The lowest BCUT2D eigenvalue weighted by molar-refractivity contribution is -0.0158. The average molecular weight is 1340 g/mol. The van der Waals surface area contributed by atoms with E-state index in [-0.39, 0.29) is 34.9 Å². The summed E-state index contributed by atoms with van der Waals surface area (Å²) in [6.07, 6.45) is 0. The molecule has 24 nitrogen and oxygen atoms in total. The minimum atomic E-state index is -4.06. The van der Waals surface area contributed by atoms with E-state index in [9.17, 15) is 19.2 Å². The van der Waals surface area contributed by atoms with Crippen LogP contribution in [-0.4, -0.2) is 70.4 Å². The smallest absolute Gasteiger partial charge is 0.489 e. The molecule has 8 heterocycles. The molecular weight excluding hydrogens is 1270 g/mol. The molecule has 0 radical (unpaired) electrons. The molecule has 0 amide bonds. The van der Waals surface area contributed by atoms with Crippen LogP contribution >= 0.6 is 0 Å². The summed E-state index contributed by atoms with van der Waals surface area (Å²) in [5.74, 6) is 2.23. The number of furan rings is 2. The van der Waals surface area contributed by atoms with E-state index in [0.29, 0.717) is 23.2 Å². The Morgan fingerprint density at radius 2 is 0.614 bits per heavy atom. The van der Waals surface area contributed by atoms with Crippen LogP contribution < -0.4 is 60.1 Å². The molecule has 7 aromatic carbocycles. The number of hydrogen-bond acceptors (Lipinski definition) is 24. The van der Waals surface area contributed by atoms with Crippen molar-refractivity contribution in [3.63, 3.8) is 0 Å². The van der Waals surface area contributed by atoms with Crippen LogP contribution in [0.3, 0.4) is 0 Å². The number of nitrogen functional groups attached to an aromatic ring is 4. The lowest BCUT2D eigenvalue weighted by Crippen LogP contribution is -2.87. The summed E-state index contributed by atoms with van der Waals surface area (Å²) in [6.45, 7) is 12.6. The van der Waals surface area contributed by atoms with Crippen molar-refractivity contribution in [3.05, 3.63) is 222 Å². The molecule has 32 heteroatoms. The summed E-state index contributed by atoms with van der Waals surface area (Å²) in [5.41, 5.74) is 27.0. The Morgan fingerprint density at radius 1 is 0.352 bits per heavy atom. The third kappa shape index (κ3) is 13.0. The highest BCUT2D eigenvalue weighted by atomic mass is 28.6. The van der Waals surface area contributed by atoms with E-state index in [4.69, 9.17) is 81.8 Å². The maximum absolute atomic E-state index is 11.2. The number of benzene rings is 7. The van der Waals surface area contributed by atoms with Crippen LogP contribution in [0.2, 0.25) is 45.8 Å². The lowest BCUT2D eigenvalue weighted by atomic mass is 9.85. The molecule has 8 N–H and O–H groups in total. The van der Waals surface area contributed by atoms with Gasteiger partial charge in [0.15, 0.2) is 0 Å². The zero-order valence-electron chi connectivity index (χ0n) is 47.8. The Labute approximate surface area is 512 Å². The number of ether oxygens (including phenoxy) is 2. The molecule has 88 heavy (non-hydrogen) atoms. The maximum Gasteiger partial charge on any atom is 0.515 e. The second kappa shape index (κ2) is 23.0. The van der Waals surface area contributed by atoms with Gasteiger partial charge in [0.2, 0.25) is 0 Å². The molecule has 0 aliphatic carbocycles. The molecule has 458 valence electrons. The van der Waals surface area contributed by atoms with Crippen molar-refractivity contribution in [2.75, 3.05) is 22.9 Å². The Balaban J connectivity index is 0.000000202. The first kappa shape index (κ1) is 62.5. The zero-order chi connectivity index (χ0) is 61.5. The molecule has 2 aromatic heterocycles. The molecule has 9 aromatic rings. The summed E-state index contributed by atoms with van der Waals surface area (Å²) in [5, 5.41) is 0.554. The van der Waals surface area contributed by atoms with E-state index in [0.717, 1.165) is 63.0 Å². The Kier molecular flexibility index (Phi) is 16.4. The molecule has 0 spiro atoms. The van der Waals surface area contributed by atoms with Gasteiger partial charge in [-0.2, -0.15) is 0 Å². The quantitative estimate of drug-likeness (QED) is 0.0608. The van der Waals surface area contributed by atoms with Crippen molar-refractivity contribution in [3.8, 4) is 17.2 Å². The van der Waals surface area contributed by atoms with E-state index >= 15 is 0 Å². The van der Waals surface area contributed by atoms with Gasteiger partial charge in [-0.25, -0.2) is 19.2 Å². The van der Waals surface area contributed by atoms with Crippen molar-refractivity contribution in [2.45, 2.75) is 65.8 Å². The molecule has 8 bridgehead atoms. The number of rotatable bonds is 9. The first-order chi connectivity index (χ1) is 41.1. The summed E-state index contributed by atoms with van der Waals surface area (Å²) in [7, 11) is -29.7. The van der Waals surface area contributed by atoms with Crippen LogP contribution in [0.15, 0.2) is 186 Å². The summed E-state index contributed by atoms with van der Waals surface area (Å²) in [6, 6.07) is 48.5. The van der Waals surface area contributed by atoms with Gasteiger partial charge >= 0.3 is 92.9 Å². The number of hydrogen-bond donors (Lipinski definition) is 4. The maximum atomic E-state index is 11.2. The lowest BCUT2D eigenvalue weighted by Gasteiger charge is -2.60. The summed E-state index contributed by atoms with van der Waals surface area (Å²) < 4.78 is 102. The van der Waals surface area contributed by atoms with Gasteiger partial charge in [0.1, 0.15) is 23.9 Å². The Morgan fingerprint density at radius 3 is 0.920 bits per heavy atom. The molecule has 0 atom stereocenters. The standard InChI is InChI=1S/C33H44N2O13Si8.C12H12N2O.C10H2O6.CH4/c1-49-37-50(2)40-53(5)42-51(3,38-49)44-55(7)45-52(4,39-49)43-54(6,41-50)47-56(46-53,48-55)32-22-8-25(9-23-32)24-36-31-20-14-28(15-21-31)33(26-10-16-29(34)17-11-26)27-12-18-30(35)19-13-27;13-9-1-5-11(6-2-9)15-12-7-3-10(14)4-8-12;11-7-3-1-4-6(10(14)16-8(4)12)2-5(3)9(13)15-7;/h8-23,33H,24,34-35H2,1-7H3;1-8H,13-14H2;1-2H;1H4. The van der Waals surface area contributed by atoms with Crippen LogP contribution in [0, 0.1) is 0 Å². The minimum absolute atomic E-state index is 0. The molecule has 6 aliphatic rings. The second-order valence-corrected chi connectivity index (χ2v) is 45.2. The Hall–Kier alpha value is -7.12. The fourth-order valence-electron chi connectivity index (χ4n) is 11.0. The molecule has 6 aliphatic heterocycles. The van der Waals surface area contributed by atoms with Crippen LogP contribution in [0.5, 0.6) is 17.2 Å². The van der Waals surface area contributed by atoms with Crippen molar-refractivity contribution in [1.82, 2.24) is 0 Å². The van der Waals surface area contributed by atoms with Gasteiger partial charge in [-0.15, -0.1) is 0 Å². The predicted molar refractivity (Wildman–Crippen MR) is 342 cm³/mol. The zero-order valence-corrected chi connectivity index (χ0v) is 55.8. The first-order valence-electron chi connectivity index (χ1n) is 27.1. The topological polar surface area (TPSA) is 328 Å². The molecular formula is C56H62N4O20Si8. The fourth-order valence-corrected chi connectivity index (χ4v) is 56.1. The van der Waals surface area contributed by atoms with Crippen LogP contribution in [-0.2, 0) is 56.0 Å². The van der Waals surface area contributed by atoms with Crippen LogP contribution in [0.1, 0.15) is 35.6 Å². The average Bonchev–Trinajstić information content (AvgIpc) is 0.857. The van der Waals surface area contributed by atoms with Gasteiger partial charge in [0, 0.05) is 79.7 Å². The van der Waals surface area contributed by atoms with Gasteiger partial charge in [-0.1, -0.05) is 68.1 Å². The molecule has 15 rings (SSSR count). The van der Waals surface area contributed by atoms with Crippen LogP contribution in [0.4, 0.5) is 22.7 Å². The second-order valence-electron chi connectivity index (χ2n) is 21.7. The number of anilines is 4. The largest absolute Gasteiger partial charge is 0.515 e. The fraction of sp³-hybridized carbons (Fsp3) is 0.179. The third-order valence-electron chi connectivity index (χ3n) is 14.2. The van der Waals surface area contributed by atoms with Crippen molar-refractivity contribution in [1.29, 1.82) is 0 Å². The molecule has 6 fully saturated rings. The summed E-state index contributed by atoms with van der Waals surface area (Å²) >= 11 is 0. The highest BCUT2D eigenvalue weighted by Gasteiger charge is 2.79. The van der Waals surface area contributed by atoms with Crippen molar-refractivity contribution < 1.29 is 67.7 Å². The normalized spacial score (nSPS) is 28.4. The number of fused-ring (bicyclic) bond motifs is 2. The molecule has 0 unspecified atom stereocenters. The van der Waals surface area contributed by atoms with E-state index in [1.807, 2.05) is 84.9 Å². The van der Waals surface area contributed by atoms with E-state index in [2.05, 4.69) is 45.2 Å². The van der Waals surface area contributed by atoms with Crippen molar-refractivity contribution >= 4 is 120 Å². The minimum Gasteiger partial charge on any atom is -0.489 e. The third-order valence-corrected chi connectivity index (χ3v) is 49.6. The highest BCUT2D eigenvalue weighted by molar-refractivity contribution is 7.04. The van der Waals surface area contributed by atoms with Crippen molar-refractivity contribution in [2.24, 2.45) is 0 Å². The van der Waals surface area contributed by atoms with E-state index in [1.54, 1.807) is 70.1 Å². The number of nitrogens with two attached hydrogens (primary N) is 4. The predicted octanol–water partition coefficient (Wildman–Crippen LogP) is 7.78. The monoisotopic (exact) mass is 1330 g/mol. The van der Waals surface area contributed by atoms with Gasteiger partial charge in [-0.05, 0) is 119 Å². The highest BCUT2D eigenvalue weighted by Crippen LogP contribution is 2.48. The van der Waals surface area contributed by atoms with Gasteiger partial charge in [0.25, 0.3) is 0 Å². The van der Waals surface area contributed by atoms with E-state index < -0.39 is 92.9 Å². The molecule has 0 saturated carbocycles. The summed E-state index contributed by atoms with van der Waals surface area (Å²) in [4.78, 5) is 44.7. The van der Waals surface area contributed by atoms with Gasteiger partial charge in [-0.3, -0.25) is 0 Å². The Bertz CT molecular complexity index is 3930. The van der Waals surface area contributed by atoms with Gasteiger partial charge < -0.3 is 90.6 Å². The van der Waals surface area contributed by atoms with E-state index in [1.165, 1.54) is 0 Å². The SMILES string of the molecule is C.C[Si]12O[Si]3(C)O[Si]4(C)O[Si](C)(O1)O[Si]1(C)O[Si](C)(O2)O[Si](C)(O3)O[Si](c2ccc(COc3ccc(C(c5ccc(N)cc5)c5ccc(N)cc5)cc3)cc2)(O4)O1.Nc1ccc(Oc2ccc(N)cc2)cc1.O=c1oc(=O)c2cc3c(=O)oc(=O)c3cc12. The van der Waals surface area contributed by atoms with Gasteiger partial charge in [0.05, 0.1) is 21.5 Å².